The van der Waals surface area contributed by atoms with Gasteiger partial charge in [0, 0.05) is 0 Å². The molecule has 0 fully saturated rings. The van der Waals surface area contributed by atoms with Gasteiger partial charge in [-0.15, -0.1) is 15.7 Å². The van der Waals surface area contributed by atoms with Crippen LogP contribution in [0.2, 0.25) is 0 Å². The maximum absolute atomic E-state index is 12.6. The second kappa shape index (κ2) is 8.89. The molecule has 0 saturated carbocycles. The van der Waals surface area contributed by atoms with Crippen LogP contribution in [-0.4, -0.2) is 38.1 Å². The molecule has 0 unspecified atom stereocenters. The quantitative estimate of drug-likeness (QED) is 0.509. The van der Waals surface area contributed by atoms with E-state index in [0.29, 0.717) is 15.8 Å². The fourth-order valence-corrected chi connectivity index (χ4v) is 5.77. The Morgan fingerprint density at radius 1 is 1.14 bits per heavy atom. The van der Waals surface area contributed by atoms with E-state index < -0.39 is 22.0 Å². The number of rotatable bonds is 7. The molecule has 2 heterocycles. The smallest absolute Gasteiger partial charge is 0.338 e. The molecule has 0 N–H and O–H groups in total. The maximum atomic E-state index is 12.6. The van der Waals surface area contributed by atoms with Gasteiger partial charge in [0.1, 0.15) is 10.8 Å². The van der Waals surface area contributed by atoms with Gasteiger partial charge in [0.25, 0.3) is 10.0 Å². The van der Waals surface area contributed by atoms with Crippen molar-refractivity contribution >= 4 is 54.9 Å². The largest absolute Gasteiger partial charge is 0.465 e. The van der Waals surface area contributed by atoms with Crippen molar-refractivity contribution in [2.24, 2.45) is 4.40 Å². The van der Waals surface area contributed by atoms with Gasteiger partial charge in [0.2, 0.25) is 4.80 Å². The van der Waals surface area contributed by atoms with E-state index >= 15 is 0 Å². The monoisotopic (exact) mass is 454 g/mol. The Morgan fingerprint density at radius 2 is 1.90 bits per heavy atom. The zero-order chi connectivity index (χ0) is 21.0. The lowest BCUT2D eigenvalue weighted by Crippen LogP contribution is -2.23. The standard InChI is InChI=1S/C18H18N2O6S3/c1-3-25-15(21)11-20-13-8-7-12(17(22)26-4-2)10-14(13)28-18(20)19-29(23,24)16-6-5-9-27-16/h5-10H,3-4,11H2,1-2H3/b19-18-. The molecule has 8 nitrogen and oxygen atoms in total. The Balaban J connectivity index is 2.17. The third kappa shape index (κ3) is 4.74. The number of hydrogen-bond donors (Lipinski definition) is 0. The Morgan fingerprint density at radius 3 is 2.55 bits per heavy atom. The van der Waals surface area contributed by atoms with Gasteiger partial charge < -0.3 is 14.0 Å². The normalized spacial score (nSPS) is 12.3. The van der Waals surface area contributed by atoms with E-state index in [1.54, 1.807) is 43.5 Å². The van der Waals surface area contributed by atoms with Crippen molar-refractivity contribution in [3.8, 4) is 0 Å². The van der Waals surface area contributed by atoms with Crippen LogP contribution >= 0.6 is 22.7 Å². The first-order valence-corrected chi connectivity index (χ1v) is 11.8. The van der Waals surface area contributed by atoms with Gasteiger partial charge in [0.15, 0.2) is 0 Å². The van der Waals surface area contributed by atoms with Crippen molar-refractivity contribution in [3.63, 3.8) is 0 Å². The number of sulfonamides is 1. The molecule has 3 rings (SSSR count). The highest BCUT2D eigenvalue weighted by Crippen LogP contribution is 2.22. The summed E-state index contributed by atoms with van der Waals surface area (Å²) in [5.41, 5.74) is 0.896. The SMILES string of the molecule is CCOC(=O)Cn1/c(=N/S(=O)(=O)c2cccs2)sc2cc(C(=O)OCC)ccc21. The van der Waals surface area contributed by atoms with Gasteiger partial charge in [-0.05, 0) is 43.5 Å². The summed E-state index contributed by atoms with van der Waals surface area (Å²) in [5.74, 6) is -0.999. The number of hydrogen-bond acceptors (Lipinski definition) is 8. The van der Waals surface area contributed by atoms with Crippen LogP contribution in [-0.2, 0) is 30.8 Å². The van der Waals surface area contributed by atoms with E-state index in [0.717, 1.165) is 22.7 Å². The molecule has 0 aliphatic heterocycles. The average Bonchev–Trinajstić information content (AvgIpc) is 3.31. The predicted molar refractivity (Wildman–Crippen MR) is 109 cm³/mol. The van der Waals surface area contributed by atoms with Crippen LogP contribution in [0.15, 0.2) is 44.3 Å². The molecule has 0 spiro atoms. The van der Waals surface area contributed by atoms with Crippen LogP contribution < -0.4 is 4.80 Å². The van der Waals surface area contributed by atoms with Gasteiger partial charge in [-0.25, -0.2) is 4.79 Å². The summed E-state index contributed by atoms with van der Waals surface area (Å²) in [4.78, 5) is 24.2. The van der Waals surface area contributed by atoms with Crippen molar-refractivity contribution in [1.29, 1.82) is 0 Å². The van der Waals surface area contributed by atoms with Crippen LogP contribution in [0.1, 0.15) is 24.2 Å². The van der Waals surface area contributed by atoms with E-state index in [-0.39, 0.29) is 28.8 Å². The summed E-state index contributed by atoms with van der Waals surface area (Å²) in [5, 5.41) is 1.64. The third-order valence-electron chi connectivity index (χ3n) is 3.73. The van der Waals surface area contributed by atoms with Crippen molar-refractivity contribution in [2.75, 3.05) is 13.2 Å². The van der Waals surface area contributed by atoms with Gasteiger partial charge in [0.05, 0.1) is 29.0 Å². The second-order valence-electron chi connectivity index (χ2n) is 5.68. The zero-order valence-electron chi connectivity index (χ0n) is 15.7. The molecule has 0 aliphatic rings. The molecule has 1 aromatic carbocycles. The molecule has 11 heteroatoms. The van der Waals surface area contributed by atoms with Crippen LogP contribution in [0.25, 0.3) is 10.2 Å². The third-order valence-corrected chi connectivity index (χ3v) is 7.53. The van der Waals surface area contributed by atoms with Crippen molar-refractivity contribution < 1.29 is 27.5 Å². The van der Waals surface area contributed by atoms with Crippen LogP contribution in [0.5, 0.6) is 0 Å². The molecule has 2 aromatic heterocycles. The number of carbonyl (C=O) groups excluding carboxylic acids is 2. The lowest BCUT2D eigenvalue weighted by molar-refractivity contribution is -0.143. The number of thiophene rings is 1. The number of esters is 2. The molecule has 0 atom stereocenters. The number of fused-ring (bicyclic) bond motifs is 1. The molecule has 0 bridgehead atoms. The van der Waals surface area contributed by atoms with E-state index in [4.69, 9.17) is 9.47 Å². The topological polar surface area (TPSA) is 104 Å². The number of carbonyl (C=O) groups is 2. The van der Waals surface area contributed by atoms with E-state index in [9.17, 15) is 18.0 Å². The fraction of sp³-hybridized carbons (Fsp3) is 0.278. The van der Waals surface area contributed by atoms with Gasteiger partial charge in [-0.3, -0.25) is 4.79 Å². The molecule has 0 amide bonds. The predicted octanol–water partition coefficient (Wildman–Crippen LogP) is 2.79. The summed E-state index contributed by atoms with van der Waals surface area (Å²) in [6.07, 6.45) is 0. The molecule has 0 radical (unpaired) electrons. The number of ether oxygens (including phenoxy) is 2. The molecule has 154 valence electrons. The average molecular weight is 455 g/mol. The fourth-order valence-electron chi connectivity index (χ4n) is 2.53. The molecule has 0 aliphatic carbocycles. The van der Waals surface area contributed by atoms with Crippen molar-refractivity contribution in [2.45, 2.75) is 24.6 Å². The van der Waals surface area contributed by atoms with Crippen LogP contribution in [0, 0.1) is 0 Å². The minimum Gasteiger partial charge on any atom is -0.465 e. The lowest BCUT2D eigenvalue weighted by Gasteiger charge is -2.06. The first kappa shape index (κ1) is 21.2. The van der Waals surface area contributed by atoms with Crippen LogP contribution in [0.3, 0.4) is 0 Å². The Bertz CT molecular complexity index is 1210. The minimum absolute atomic E-state index is 0.102. The van der Waals surface area contributed by atoms with Gasteiger partial charge in [-0.2, -0.15) is 8.42 Å². The van der Waals surface area contributed by atoms with Crippen molar-refractivity contribution in [1.82, 2.24) is 4.57 Å². The Kier molecular flexibility index (Phi) is 6.50. The lowest BCUT2D eigenvalue weighted by atomic mass is 10.2. The zero-order valence-corrected chi connectivity index (χ0v) is 18.1. The molecule has 0 saturated heterocycles. The highest BCUT2D eigenvalue weighted by molar-refractivity contribution is 7.92. The summed E-state index contributed by atoms with van der Waals surface area (Å²) < 4.78 is 41.3. The molecular formula is C18H18N2O6S3. The number of nitrogens with zero attached hydrogens (tertiary/aromatic N) is 2. The van der Waals surface area contributed by atoms with E-state index in [1.165, 1.54) is 10.6 Å². The highest BCUT2D eigenvalue weighted by atomic mass is 32.2. The molecule has 29 heavy (non-hydrogen) atoms. The van der Waals surface area contributed by atoms with E-state index in [1.807, 2.05) is 0 Å². The first-order valence-electron chi connectivity index (χ1n) is 8.66. The number of aromatic nitrogens is 1. The minimum atomic E-state index is -3.93. The summed E-state index contributed by atoms with van der Waals surface area (Å²) in [7, 11) is -3.93. The first-order chi connectivity index (χ1) is 13.9. The van der Waals surface area contributed by atoms with Crippen LogP contribution in [0.4, 0.5) is 0 Å². The summed E-state index contributed by atoms with van der Waals surface area (Å²) in [6.45, 7) is 3.64. The summed E-state index contributed by atoms with van der Waals surface area (Å²) >= 11 is 2.12. The van der Waals surface area contributed by atoms with Gasteiger partial charge in [-0.1, -0.05) is 17.4 Å². The van der Waals surface area contributed by atoms with Crippen molar-refractivity contribution in [3.05, 3.63) is 46.1 Å². The van der Waals surface area contributed by atoms with E-state index in [2.05, 4.69) is 4.40 Å². The second-order valence-corrected chi connectivity index (χ2v) is 9.46. The Hall–Kier alpha value is -2.50. The summed E-state index contributed by atoms with van der Waals surface area (Å²) in [6, 6.07) is 7.87. The highest BCUT2D eigenvalue weighted by Gasteiger charge is 2.18. The number of benzene rings is 1. The Labute approximate surface area is 175 Å². The maximum Gasteiger partial charge on any atom is 0.338 e. The number of thiazole rings is 1. The molecule has 3 aromatic rings. The molecular weight excluding hydrogens is 436 g/mol. The van der Waals surface area contributed by atoms with Gasteiger partial charge >= 0.3 is 11.9 Å².